The molecule has 0 aliphatic carbocycles. The number of benzene rings is 1. The average Bonchev–Trinajstić information content (AvgIpc) is 2.61. The van der Waals surface area contributed by atoms with Gasteiger partial charge in [0.25, 0.3) is 0 Å². The van der Waals surface area contributed by atoms with E-state index in [1.807, 2.05) is 42.0 Å². The molecular weight excluding hydrogens is 300 g/mol. The monoisotopic (exact) mass is 320 g/mol. The van der Waals surface area contributed by atoms with Crippen molar-refractivity contribution >= 4 is 16.7 Å². The molecule has 0 N–H and O–H groups in total. The molecule has 0 aliphatic rings. The number of fused-ring (bicyclic) bond motifs is 1. The molecule has 0 spiro atoms. The molecule has 0 saturated heterocycles. The standard InChI is InChI=1S/C20H20N2O2/c1-4-14-11-21-9-8-16(14)15-6-7-17-19(10-15)22(5-2)12-18(13(3)23)20(17)24/h6-12H,4-5H2,1-3H3. The zero-order valence-electron chi connectivity index (χ0n) is 14.2. The molecule has 0 fully saturated rings. The lowest BCUT2D eigenvalue weighted by atomic mass is 9.98. The Labute approximate surface area is 140 Å². The van der Waals surface area contributed by atoms with E-state index in [1.165, 1.54) is 12.5 Å². The predicted molar refractivity (Wildman–Crippen MR) is 96.5 cm³/mol. The van der Waals surface area contributed by atoms with Gasteiger partial charge in [0.2, 0.25) is 0 Å². The maximum absolute atomic E-state index is 12.6. The minimum Gasteiger partial charge on any atom is -0.347 e. The quantitative estimate of drug-likeness (QED) is 0.686. The van der Waals surface area contributed by atoms with Crippen LogP contribution in [0.2, 0.25) is 0 Å². The predicted octanol–water partition coefficient (Wildman–Crippen LogP) is 3.85. The highest BCUT2D eigenvalue weighted by Crippen LogP contribution is 2.26. The molecule has 0 unspecified atom stereocenters. The number of aryl methyl sites for hydroxylation is 2. The summed E-state index contributed by atoms with van der Waals surface area (Å²) in [4.78, 5) is 28.5. The van der Waals surface area contributed by atoms with Crippen molar-refractivity contribution in [1.29, 1.82) is 0 Å². The van der Waals surface area contributed by atoms with Crippen molar-refractivity contribution in [2.45, 2.75) is 33.7 Å². The molecule has 0 bridgehead atoms. The van der Waals surface area contributed by atoms with Gasteiger partial charge in [0, 0.05) is 30.5 Å². The Morgan fingerprint density at radius 3 is 2.67 bits per heavy atom. The Morgan fingerprint density at radius 2 is 2.00 bits per heavy atom. The van der Waals surface area contributed by atoms with Crippen molar-refractivity contribution in [2.75, 3.05) is 0 Å². The van der Waals surface area contributed by atoms with E-state index in [0.717, 1.165) is 23.1 Å². The second-order valence-electron chi connectivity index (χ2n) is 5.83. The first-order valence-corrected chi connectivity index (χ1v) is 8.18. The Morgan fingerprint density at radius 1 is 1.21 bits per heavy atom. The summed E-state index contributed by atoms with van der Waals surface area (Å²) >= 11 is 0. The molecule has 3 rings (SSSR count). The normalized spacial score (nSPS) is 11.0. The van der Waals surface area contributed by atoms with E-state index in [2.05, 4.69) is 11.9 Å². The second-order valence-corrected chi connectivity index (χ2v) is 5.83. The molecule has 2 aromatic heterocycles. The molecule has 4 nitrogen and oxygen atoms in total. The molecule has 2 heterocycles. The maximum atomic E-state index is 12.6. The van der Waals surface area contributed by atoms with Gasteiger partial charge in [-0.1, -0.05) is 13.0 Å². The van der Waals surface area contributed by atoms with Crippen LogP contribution in [0.15, 0.2) is 47.7 Å². The number of rotatable bonds is 4. The molecule has 0 amide bonds. The number of hydrogen-bond donors (Lipinski definition) is 0. The molecule has 122 valence electrons. The van der Waals surface area contributed by atoms with Gasteiger partial charge in [-0.15, -0.1) is 0 Å². The Bertz CT molecular complexity index is 987. The fourth-order valence-electron chi connectivity index (χ4n) is 3.06. The van der Waals surface area contributed by atoms with Crippen LogP contribution < -0.4 is 5.43 Å². The second kappa shape index (κ2) is 6.40. The summed E-state index contributed by atoms with van der Waals surface area (Å²) in [5.41, 5.74) is 4.25. The van der Waals surface area contributed by atoms with Crippen molar-refractivity contribution in [1.82, 2.24) is 9.55 Å². The van der Waals surface area contributed by atoms with Crippen LogP contribution in [0, 0.1) is 0 Å². The summed E-state index contributed by atoms with van der Waals surface area (Å²) in [7, 11) is 0. The van der Waals surface area contributed by atoms with E-state index in [9.17, 15) is 9.59 Å². The van der Waals surface area contributed by atoms with Crippen LogP contribution in [0.25, 0.3) is 22.0 Å². The number of carbonyl (C=O) groups is 1. The van der Waals surface area contributed by atoms with Gasteiger partial charge in [0.1, 0.15) is 0 Å². The number of ketones is 1. The average molecular weight is 320 g/mol. The molecule has 1 aromatic carbocycles. The molecule has 4 heteroatoms. The number of nitrogens with zero attached hydrogens (tertiary/aromatic N) is 2. The number of Topliss-reactive ketones (excluding diaryl/α,β-unsaturated/α-hetero) is 1. The zero-order valence-corrected chi connectivity index (χ0v) is 14.2. The summed E-state index contributed by atoms with van der Waals surface area (Å²) in [6.45, 7) is 6.23. The first-order chi connectivity index (χ1) is 11.6. The largest absolute Gasteiger partial charge is 0.347 e. The third-order valence-corrected chi connectivity index (χ3v) is 4.40. The fraction of sp³-hybridized carbons (Fsp3) is 0.250. The van der Waals surface area contributed by atoms with Gasteiger partial charge in [-0.05, 0) is 55.2 Å². The minimum atomic E-state index is -0.199. The molecular formula is C20H20N2O2. The van der Waals surface area contributed by atoms with Crippen molar-refractivity contribution in [3.63, 3.8) is 0 Å². The van der Waals surface area contributed by atoms with Gasteiger partial charge in [-0.3, -0.25) is 14.6 Å². The fourth-order valence-corrected chi connectivity index (χ4v) is 3.06. The van der Waals surface area contributed by atoms with E-state index < -0.39 is 0 Å². The maximum Gasteiger partial charge on any atom is 0.200 e. The zero-order chi connectivity index (χ0) is 17.3. The third-order valence-electron chi connectivity index (χ3n) is 4.40. The topological polar surface area (TPSA) is 52.0 Å². The van der Waals surface area contributed by atoms with Crippen molar-refractivity contribution in [3.05, 3.63) is 64.2 Å². The van der Waals surface area contributed by atoms with Gasteiger partial charge in [-0.2, -0.15) is 0 Å². The lowest BCUT2D eigenvalue weighted by molar-refractivity contribution is 0.101. The van der Waals surface area contributed by atoms with Gasteiger partial charge >= 0.3 is 0 Å². The number of pyridine rings is 2. The van der Waals surface area contributed by atoms with E-state index in [4.69, 9.17) is 0 Å². The molecule has 0 aliphatic heterocycles. The van der Waals surface area contributed by atoms with Crippen LogP contribution in [0.1, 0.15) is 36.7 Å². The summed E-state index contributed by atoms with van der Waals surface area (Å²) in [6.07, 6.45) is 6.23. The SMILES string of the molecule is CCc1cnccc1-c1ccc2c(=O)c(C(C)=O)cn(CC)c2c1. The molecule has 0 radical (unpaired) electrons. The van der Waals surface area contributed by atoms with Crippen molar-refractivity contribution in [2.24, 2.45) is 0 Å². The lowest BCUT2D eigenvalue weighted by Gasteiger charge is -2.13. The highest BCUT2D eigenvalue weighted by atomic mass is 16.1. The Kier molecular flexibility index (Phi) is 4.30. The highest BCUT2D eigenvalue weighted by Gasteiger charge is 2.13. The smallest absolute Gasteiger partial charge is 0.200 e. The minimum absolute atomic E-state index is 0.195. The van der Waals surface area contributed by atoms with E-state index in [0.29, 0.717) is 11.9 Å². The Hall–Kier alpha value is -2.75. The summed E-state index contributed by atoms with van der Waals surface area (Å²) in [5.74, 6) is -0.199. The summed E-state index contributed by atoms with van der Waals surface area (Å²) in [5, 5.41) is 0.584. The number of carbonyl (C=O) groups excluding carboxylic acids is 1. The van der Waals surface area contributed by atoms with Crippen molar-refractivity contribution in [3.8, 4) is 11.1 Å². The first kappa shape index (κ1) is 16.1. The number of aromatic nitrogens is 2. The molecule has 0 saturated carbocycles. The van der Waals surface area contributed by atoms with Gasteiger partial charge in [-0.25, -0.2) is 0 Å². The van der Waals surface area contributed by atoms with Gasteiger partial charge < -0.3 is 4.57 Å². The summed E-state index contributed by atoms with van der Waals surface area (Å²) < 4.78 is 1.96. The van der Waals surface area contributed by atoms with Crippen LogP contribution in [0.5, 0.6) is 0 Å². The van der Waals surface area contributed by atoms with Crippen LogP contribution >= 0.6 is 0 Å². The van der Waals surface area contributed by atoms with Gasteiger partial charge in [0.15, 0.2) is 11.2 Å². The van der Waals surface area contributed by atoms with E-state index >= 15 is 0 Å². The molecule has 3 aromatic rings. The van der Waals surface area contributed by atoms with Crippen LogP contribution in [0.3, 0.4) is 0 Å². The van der Waals surface area contributed by atoms with E-state index in [1.54, 1.807) is 12.4 Å². The third kappa shape index (κ3) is 2.64. The number of hydrogen-bond acceptors (Lipinski definition) is 3. The first-order valence-electron chi connectivity index (χ1n) is 8.18. The van der Waals surface area contributed by atoms with Gasteiger partial charge in [0.05, 0.1) is 11.1 Å². The molecule has 0 atom stereocenters. The Balaban J connectivity index is 2.31. The molecule has 24 heavy (non-hydrogen) atoms. The lowest BCUT2D eigenvalue weighted by Crippen LogP contribution is -2.17. The van der Waals surface area contributed by atoms with Crippen LogP contribution in [-0.4, -0.2) is 15.3 Å². The van der Waals surface area contributed by atoms with Crippen molar-refractivity contribution < 1.29 is 4.79 Å². The summed E-state index contributed by atoms with van der Waals surface area (Å²) in [6, 6.07) is 7.80. The highest BCUT2D eigenvalue weighted by molar-refractivity contribution is 5.97. The van der Waals surface area contributed by atoms with Crippen LogP contribution in [-0.2, 0) is 13.0 Å². The van der Waals surface area contributed by atoms with E-state index in [-0.39, 0.29) is 16.8 Å². The van der Waals surface area contributed by atoms with Crippen LogP contribution in [0.4, 0.5) is 0 Å².